The lowest BCUT2D eigenvalue weighted by molar-refractivity contribution is 0.0780. The number of benzene rings is 2. The first-order valence-corrected chi connectivity index (χ1v) is 10.5. The van der Waals surface area contributed by atoms with Crippen molar-refractivity contribution in [2.75, 3.05) is 13.1 Å². The van der Waals surface area contributed by atoms with E-state index >= 15 is 0 Å². The Hall–Kier alpha value is -3.38. The number of amides is 1. The number of rotatable bonds is 5. The zero-order chi connectivity index (χ0) is 21.2. The smallest absolute Gasteiger partial charge is 0.276 e. The summed E-state index contributed by atoms with van der Waals surface area (Å²) in [5.41, 5.74) is 1.37. The number of fused-ring (bicyclic) bond motifs is 1. The molecule has 0 saturated carbocycles. The third-order valence-corrected chi connectivity index (χ3v) is 5.95. The molecule has 0 unspecified atom stereocenters. The highest BCUT2D eigenvalue weighted by Gasteiger charge is 2.30. The van der Waals surface area contributed by atoms with E-state index in [9.17, 15) is 4.79 Å². The molecule has 0 spiro atoms. The van der Waals surface area contributed by atoms with Crippen LogP contribution in [0.5, 0.6) is 5.75 Å². The maximum atomic E-state index is 12.9. The topological polar surface area (TPSA) is 68.5 Å². The van der Waals surface area contributed by atoms with E-state index in [-0.39, 0.29) is 18.4 Å². The molecular weight excluding hydrogens is 414 g/mol. The van der Waals surface area contributed by atoms with Gasteiger partial charge in [-0.15, -0.1) is 0 Å². The molecular formula is C24H20ClN3O3. The largest absolute Gasteiger partial charge is 0.485 e. The summed E-state index contributed by atoms with van der Waals surface area (Å²) in [6, 6.07) is 17.1. The summed E-state index contributed by atoms with van der Waals surface area (Å²) in [6.07, 6.45) is 4.39. The fourth-order valence-corrected chi connectivity index (χ4v) is 4.31. The van der Waals surface area contributed by atoms with Crippen LogP contribution in [-0.4, -0.2) is 34.0 Å². The summed E-state index contributed by atoms with van der Waals surface area (Å²) in [5, 5.41) is 6.68. The monoisotopic (exact) mass is 433 g/mol. The molecule has 0 N–H and O–H groups in total. The summed E-state index contributed by atoms with van der Waals surface area (Å²) in [5.74, 6) is 1.32. The van der Waals surface area contributed by atoms with Crippen LogP contribution in [0.25, 0.3) is 10.8 Å². The highest BCUT2D eigenvalue weighted by atomic mass is 35.5. The lowest BCUT2D eigenvalue weighted by Gasteiger charge is -2.15. The van der Waals surface area contributed by atoms with Gasteiger partial charge >= 0.3 is 0 Å². The van der Waals surface area contributed by atoms with Crippen molar-refractivity contribution in [2.45, 2.75) is 18.9 Å². The van der Waals surface area contributed by atoms with Crippen LogP contribution in [0.2, 0.25) is 5.02 Å². The third-order valence-electron chi connectivity index (χ3n) is 5.61. The van der Waals surface area contributed by atoms with Crippen LogP contribution < -0.4 is 4.74 Å². The van der Waals surface area contributed by atoms with Crippen LogP contribution in [0.3, 0.4) is 0 Å². The van der Waals surface area contributed by atoms with Crippen LogP contribution in [0.1, 0.15) is 34.2 Å². The number of carbonyl (C=O) groups excluding carboxylic acids is 1. The summed E-state index contributed by atoms with van der Waals surface area (Å²) in [7, 11) is 0. The molecule has 2 aromatic carbocycles. The standard InChI is InChI=1S/C24H20ClN3O3/c25-21-6-2-1-5-19(21)17-9-11-28(14-17)24(29)22-12-18(31-27-22)15-30-23-7-3-4-16-13-26-10-8-20(16)23/h1-8,10,12-13,17H,9,11,14-15H2/t17-/m0/s1. The van der Waals surface area contributed by atoms with Crippen molar-refractivity contribution >= 4 is 28.3 Å². The maximum Gasteiger partial charge on any atom is 0.276 e. The lowest BCUT2D eigenvalue weighted by atomic mass is 9.98. The maximum absolute atomic E-state index is 12.9. The highest BCUT2D eigenvalue weighted by molar-refractivity contribution is 6.31. The Balaban J connectivity index is 1.24. The van der Waals surface area contributed by atoms with Crippen LogP contribution in [0.15, 0.2) is 71.5 Å². The van der Waals surface area contributed by atoms with Gasteiger partial charge in [-0.3, -0.25) is 9.78 Å². The van der Waals surface area contributed by atoms with Gasteiger partial charge in [0.2, 0.25) is 0 Å². The second-order valence-electron chi connectivity index (χ2n) is 7.58. The molecule has 4 aromatic rings. The van der Waals surface area contributed by atoms with Crippen molar-refractivity contribution in [2.24, 2.45) is 0 Å². The van der Waals surface area contributed by atoms with Gasteiger partial charge in [0.05, 0.1) is 0 Å². The molecule has 156 valence electrons. The van der Waals surface area contributed by atoms with Crippen molar-refractivity contribution in [3.05, 3.63) is 89.0 Å². The number of aromatic nitrogens is 2. The van der Waals surface area contributed by atoms with Crippen molar-refractivity contribution < 1.29 is 14.1 Å². The van der Waals surface area contributed by atoms with E-state index in [4.69, 9.17) is 20.9 Å². The predicted octanol–water partition coefficient (Wildman–Crippen LogP) is 5.08. The SMILES string of the molecule is O=C(c1cc(COc2cccc3cnccc23)on1)N1CC[C@H](c2ccccc2Cl)C1. The van der Waals surface area contributed by atoms with Crippen LogP contribution in [0.4, 0.5) is 0 Å². The molecule has 1 fully saturated rings. The van der Waals surface area contributed by atoms with E-state index in [1.165, 1.54) is 0 Å². The average molecular weight is 434 g/mol. The number of nitrogens with zero attached hydrogens (tertiary/aromatic N) is 3. The minimum Gasteiger partial charge on any atom is -0.485 e. The van der Waals surface area contributed by atoms with E-state index in [1.54, 1.807) is 23.4 Å². The van der Waals surface area contributed by atoms with Crippen LogP contribution >= 0.6 is 11.6 Å². The molecule has 7 heteroatoms. The minimum absolute atomic E-state index is 0.138. The van der Waals surface area contributed by atoms with Gasteiger partial charge in [-0.1, -0.05) is 47.1 Å². The second-order valence-corrected chi connectivity index (χ2v) is 7.99. The van der Waals surface area contributed by atoms with E-state index in [0.717, 1.165) is 33.5 Å². The van der Waals surface area contributed by atoms with Crippen molar-refractivity contribution in [1.29, 1.82) is 0 Å². The molecule has 1 amide bonds. The Kier molecular flexibility index (Phi) is 5.30. The molecule has 5 rings (SSSR count). The first-order chi connectivity index (χ1) is 15.2. The number of hydrogen-bond acceptors (Lipinski definition) is 5. The Labute approximate surface area is 184 Å². The van der Waals surface area contributed by atoms with Crippen molar-refractivity contribution in [3.63, 3.8) is 0 Å². The first-order valence-electron chi connectivity index (χ1n) is 10.1. The van der Waals surface area contributed by atoms with Gasteiger partial charge in [0, 0.05) is 53.3 Å². The Bertz CT molecular complexity index is 1230. The molecule has 1 saturated heterocycles. The molecule has 1 aliphatic rings. The molecule has 0 radical (unpaired) electrons. The summed E-state index contributed by atoms with van der Waals surface area (Å²) >= 11 is 6.33. The van der Waals surface area contributed by atoms with E-state index < -0.39 is 0 Å². The van der Waals surface area contributed by atoms with Crippen LogP contribution in [0, 0.1) is 0 Å². The third kappa shape index (κ3) is 3.99. The molecule has 3 heterocycles. The number of likely N-dealkylation sites (tertiary alicyclic amines) is 1. The zero-order valence-corrected chi connectivity index (χ0v) is 17.5. The number of carbonyl (C=O) groups is 1. The van der Waals surface area contributed by atoms with Gasteiger partial charge in [-0.05, 0) is 30.2 Å². The van der Waals surface area contributed by atoms with Gasteiger partial charge in [-0.2, -0.15) is 0 Å². The Morgan fingerprint density at radius 3 is 3.00 bits per heavy atom. The number of pyridine rings is 1. The molecule has 0 aliphatic carbocycles. The van der Waals surface area contributed by atoms with Gasteiger partial charge < -0.3 is 14.2 Å². The fourth-order valence-electron chi connectivity index (χ4n) is 4.02. The normalized spacial score (nSPS) is 16.0. The Morgan fingerprint density at radius 1 is 1.19 bits per heavy atom. The quantitative estimate of drug-likeness (QED) is 0.438. The molecule has 1 aliphatic heterocycles. The zero-order valence-electron chi connectivity index (χ0n) is 16.7. The van der Waals surface area contributed by atoms with Crippen LogP contribution in [-0.2, 0) is 6.61 Å². The predicted molar refractivity (Wildman–Crippen MR) is 117 cm³/mol. The van der Waals surface area contributed by atoms with Crippen molar-refractivity contribution in [3.8, 4) is 5.75 Å². The Morgan fingerprint density at radius 2 is 2.10 bits per heavy atom. The summed E-state index contributed by atoms with van der Waals surface area (Å²) in [4.78, 5) is 18.8. The lowest BCUT2D eigenvalue weighted by Crippen LogP contribution is -2.28. The second kappa shape index (κ2) is 8.40. The average Bonchev–Trinajstić information content (AvgIpc) is 3.48. The van der Waals surface area contributed by atoms with E-state index in [2.05, 4.69) is 10.1 Å². The highest BCUT2D eigenvalue weighted by Crippen LogP contribution is 2.32. The first kappa shape index (κ1) is 19.6. The number of halogens is 1. The molecule has 1 atom stereocenters. The fraction of sp³-hybridized carbons (Fsp3) is 0.208. The van der Waals surface area contributed by atoms with E-state index in [1.807, 2.05) is 48.5 Å². The molecule has 2 aromatic heterocycles. The molecule has 31 heavy (non-hydrogen) atoms. The van der Waals surface area contributed by atoms with Gasteiger partial charge in [0.15, 0.2) is 11.5 Å². The van der Waals surface area contributed by atoms with Gasteiger partial charge in [0.25, 0.3) is 5.91 Å². The molecule has 6 nitrogen and oxygen atoms in total. The number of hydrogen-bond donors (Lipinski definition) is 0. The minimum atomic E-state index is -0.138. The molecule has 0 bridgehead atoms. The summed E-state index contributed by atoms with van der Waals surface area (Å²) in [6.45, 7) is 1.47. The van der Waals surface area contributed by atoms with Crippen molar-refractivity contribution in [1.82, 2.24) is 15.0 Å². The summed E-state index contributed by atoms with van der Waals surface area (Å²) < 4.78 is 11.3. The van der Waals surface area contributed by atoms with Gasteiger partial charge in [-0.25, -0.2) is 0 Å². The van der Waals surface area contributed by atoms with Gasteiger partial charge in [0.1, 0.15) is 12.4 Å². The number of ether oxygens (including phenoxy) is 1. The van der Waals surface area contributed by atoms with E-state index in [0.29, 0.717) is 24.5 Å².